The minimum absolute atomic E-state index is 0.0522. The molecule has 2 aromatic carbocycles. The van der Waals surface area contributed by atoms with Gasteiger partial charge in [-0.05, 0) is 43.3 Å². The first-order chi connectivity index (χ1) is 14.1. The van der Waals surface area contributed by atoms with E-state index < -0.39 is 23.8 Å². The molecule has 9 heteroatoms. The van der Waals surface area contributed by atoms with Crippen LogP contribution < -0.4 is 15.6 Å². The van der Waals surface area contributed by atoms with E-state index in [1.807, 2.05) is 0 Å². The fourth-order valence-corrected chi connectivity index (χ4v) is 2.63. The van der Waals surface area contributed by atoms with Crippen LogP contribution in [0.25, 0.3) is 11.3 Å². The maximum Gasteiger partial charge on any atom is 0.416 e. The van der Waals surface area contributed by atoms with Gasteiger partial charge >= 0.3 is 6.18 Å². The summed E-state index contributed by atoms with van der Waals surface area (Å²) in [7, 11) is 1.55. The number of hydrogen-bond acceptors (Lipinski definition) is 4. The Hall–Kier alpha value is -3.62. The Morgan fingerprint density at radius 3 is 2.43 bits per heavy atom. The van der Waals surface area contributed by atoms with Crippen LogP contribution in [-0.2, 0) is 18.0 Å². The van der Waals surface area contributed by atoms with Gasteiger partial charge in [-0.15, -0.1) is 0 Å². The van der Waals surface area contributed by atoms with Crippen molar-refractivity contribution in [1.29, 1.82) is 0 Å². The van der Waals surface area contributed by atoms with Crippen molar-refractivity contribution in [1.82, 2.24) is 9.78 Å². The summed E-state index contributed by atoms with van der Waals surface area (Å²) in [6.45, 7) is 1.44. The highest BCUT2D eigenvalue weighted by Crippen LogP contribution is 2.31. The molecule has 3 rings (SSSR count). The van der Waals surface area contributed by atoms with E-state index in [1.165, 1.54) is 29.8 Å². The van der Waals surface area contributed by atoms with Crippen molar-refractivity contribution in [2.75, 3.05) is 5.32 Å². The Morgan fingerprint density at radius 1 is 1.10 bits per heavy atom. The summed E-state index contributed by atoms with van der Waals surface area (Å²) in [5.41, 5.74) is 0.744. The van der Waals surface area contributed by atoms with Crippen LogP contribution in [0, 0.1) is 0 Å². The van der Waals surface area contributed by atoms with Gasteiger partial charge in [-0.25, -0.2) is 4.68 Å². The molecular formula is C21H18F3N3O3. The molecule has 1 atom stereocenters. The topological polar surface area (TPSA) is 73.2 Å². The minimum Gasteiger partial charge on any atom is -0.481 e. The third-order valence-corrected chi connectivity index (χ3v) is 4.25. The van der Waals surface area contributed by atoms with E-state index in [9.17, 15) is 22.8 Å². The molecule has 0 saturated carbocycles. The molecule has 0 fully saturated rings. The second-order valence-corrected chi connectivity index (χ2v) is 6.53. The number of alkyl halides is 3. The quantitative estimate of drug-likeness (QED) is 0.684. The van der Waals surface area contributed by atoms with Gasteiger partial charge in [-0.3, -0.25) is 9.59 Å². The lowest BCUT2D eigenvalue weighted by Gasteiger charge is -2.16. The predicted octanol–water partition coefficient (Wildman–Crippen LogP) is 3.87. The van der Waals surface area contributed by atoms with Crippen molar-refractivity contribution in [2.45, 2.75) is 19.2 Å². The molecule has 0 radical (unpaired) electrons. The fraction of sp³-hybridized carbons (Fsp3) is 0.190. The number of hydrogen-bond donors (Lipinski definition) is 1. The molecule has 6 nitrogen and oxygen atoms in total. The summed E-state index contributed by atoms with van der Waals surface area (Å²) in [5.74, 6) is -0.566. The highest BCUT2D eigenvalue weighted by atomic mass is 19.4. The molecule has 1 unspecified atom stereocenters. The highest BCUT2D eigenvalue weighted by molar-refractivity contribution is 5.94. The molecule has 1 heterocycles. The number of carbonyl (C=O) groups is 1. The minimum atomic E-state index is -4.49. The lowest BCUT2D eigenvalue weighted by atomic mass is 10.1. The van der Waals surface area contributed by atoms with Crippen LogP contribution in [0.3, 0.4) is 0 Å². The van der Waals surface area contributed by atoms with Gasteiger partial charge in [0.15, 0.2) is 6.10 Å². The van der Waals surface area contributed by atoms with Crippen LogP contribution >= 0.6 is 0 Å². The Labute approximate surface area is 169 Å². The van der Waals surface area contributed by atoms with E-state index in [0.717, 1.165) is 17.7 Å². The van der Waals surface area contributed by atoms with Gasteiger partial charge < -0.3 is 10.1 Å². The molecule has 30 heavy (non-hydrogen) atoms. The average Bonchev–Trinajstić information content (AvgIpc) is 2.70. The standard InChI is InChI=1S/C21H18F3N3O3/c1-13(30-17-5-3-4-15(12-17)21(22,23)24)20(29)25-16-8-6-14(7-9-16)18-10-11-19(28)27(2)26-18/h3-13H,1-2H3,(H,25,29). The molecular weight excluding hydrogens is 399 g/mol. The van der Waals surface area contributed by atoms with Gasteiger partial charge in [-0.2, -0.15) is 18.3 Å². The molecule has 3 aromatic rings. The van der Waals surface area contributed by atoms with E-state index in [1.54, 1.807) is 37.4 Å². The summed E-state index contributed by atoms with van der Waals surface area (Å²) in [4.78, 5) is 23.8. The number of aromatic nitrogens is 2. The predicted molar refractivity (Wildman–Crippen MR) is 105 cm³/mol. The normalized spacial score (nSPS) is 12.3. The lowest BCUT2D eigenvalue weighted by Crippen LogP contribution is -2.30. The van der Waals surface area contributed by atoms with Crippen LogP contribution in [0.2, 0.25) is 0 Å². The zero-order valence-electron chi connectivity index (χ0n) is 16.1. The summed E-state index contributed by atoms with van der Waals surface area (Å²) in [5, 5.41) is 6.79. The number of nitrogens with one attached hydrogen (secondary N) is 1. The number of benzene rings is 2. The Morgan fingerprint density at radius 2 is 1.80 bits per heavy atom. The van der Waals surface area contributed by atoms with E-state index in [-0.39, 0.29) is 11.3 Å². The van der Waals surface area contributed by atoms with Crippen LogP contribution in [0.5, 0.6) is 5.75 Å². The smallest absolute Gasteiger partial charge is 0.416 e. The molecule has 0 spiro atoms. The summed E-state index contributed by atoms with van der Waals surface area (Å²) >= 11 is 0. The van der Waals surface area contributed by atoms with Crippen molar-refractivity contribution in [3.05, 3.63) is 76.6 Å². The SMILES string of the molecule is CC(Oc1cccc(C(F)(F)F)c1)C(=O)Nc1ccc(-c2ccc(=O)n(C)n2)cc1. The zero-order chi connectivity index (χ0) is 21.9. The van der Waals surface area contributed by atoms with Crippen molar-refractivity contribution in [3.8, 4) is 17.0 Å². The van der Waals surface area contributed by atoms with Gasteiger partial charge in [0, 0.05) is 24.4 Å². The van der Waals surface area contributed by atoms with Gasteiger partial charge in [0.2, 0.25) is 0 Å². The fourth-order valence-electron chi connectivity index (χ4n) is 2.63. The van der Waals surface area contributed by atoms with Crippen LogP contribution in [0.4, 0.5) is 18.9 Å². The largest absolute Gasteiger partial charge is 0.481 e. The molecule has 0 aliphatic heterocycles. The third kappa shape index (κ3) is 5.05. The Balaban J connectivity index is 1.65. The maximum absolute atomic E-state index is 12.8. The van der Waals surface area contributed by atoms with Crippen LogP contribution in [0.15, 0.2) is 65.5 Å². The summed E-state index contributed by atoms with van der Waals surface area (Å²) < 4.78 is 44.9. The van der Waals surface area contributed by atoms with Gasteiger partial charge in [0.05, 0.1) is 11.3 Å². The molecule has 0 bridgehead atoms. The van der Waals surface area contributed by atoms with Crippen molar-refractivity contribution < 1.29 is 22.7 Å². The zero-order valence-corrected chi connectivity index (χ0v) is 16.1. The molecule has 0 saturated heterocycles. The summed E-state index contributed by atoms with van der Waals surface area (Å²) in [6, 6.07) is 14.1. The first-order valence-corrected chi connectivity index (χ1v) is 8.93. The number of carbonyl (C=O) groups excluding carboxylic acids is 1. The summed E-state index contributed by atoms with van der Waals surface area (Å²) in [6.07, 6.45) is -5.51. The van der Waals surface area contributed by atoms with Crippen molar-refractivity contribution >= 4 is 11.6 Å². The number of ether oxygens (including phenoxy) is 1. The number of anilines is 1. The third-order valence-electron chi connectivity index (χ3n) is 4.25. The van der Waals surface area contributed by atoms with Gasteiger partial charge in [0.1, 0.15) is 5.75 Å². The van der Waals surface area contributed by atoms with Gasteiger partial charge in [-0.1, -0.05) is 18.2 Å². The number of halogens is 3. The first-order valence-electron chi connectivity index (χ1n) is 8.93. The second kappa shape index (κ2) is 8.40. The monoisotopic (exact) mass is 417 g/mol. The van der Waals surface area contributed by atoms with E-state index in [0.29, 0.717) is 11.4 Å². The Kier molecular flexibility index (Phi) is 5.91. The van der Waals surface area contributed by atoms with Crippen LogP contribution in [0.1, 0.15) is 12.5 Å². The molecule has 0 aliphatic carbocycles. The van der Waals surface area contributed by atoms with E-state index in [2.05, 4.69) is 10.4 Å². The number of amides is 1. The molecule has 1 aromatic heterocycles. The van der Waals surface area contributed by atoms with Crippen molar-refractivity contribution in [3.63, 3.8) is 0 Å². The first kappa shape index (κ1) is 21.1. The maximum atomic E-state index is 12.8. The Bertz CT molecular complexity index is 1110. The number of nitrogens with zero attached hydrogens (tertiary/aromatic N) is 2. The number of aryl methyl sites for hydroxylation is 1. The molecule has 1 amide bonds. The lowest BCUT2D eigenvalue weighted by molar-refractivity contribution is -0.137. The van der Waals surface area contributed by atoms with E-state index >= 15 is 0 Å². The number of rotatable bonds is 5. The average molecular weight is 417 g/mol. The second-order valence-electron chi connectivity index (χ2n) is 6.53. The van der Waals surface area contributed by atoms with E-state index in [4.69, 9.17) is 4.74 Å². The molecule has 0 aliphatic rings. The molecule has 156 valence electrons. The molecule has 1 N–H and O–H groups in total. The van der Waals surface area contributed by atoms with Crippen LogP contribution in [-0.4, -0.2) is 21.8 Å². The van der Waals surface area contributed by atoms with Gasteiger partial charge in [0.25, 0.3) is 11.5 Å². The highest BCUT2D eigenvalue weighted by Gasteiger charge is 2.30. The van der Waals surface area contributed by atoms with Crippen molar-refractivity contribution in [2.24, 2.45) is 7.05 Å².